The first kappa shape index (κ1) is 44.2. The molecule has 6 atom stereocenters. The summed E-state index contributed by atoms with van der Waals surface area (Å²) >= 11 is 0. The van der Waals surface area contributed by atoms with Gasteiger partial charge >= 0.3 is 5.97 Å². The van der Waals surface area contributed by atoms with Crippen molar-refractivity contribution in [3.8, 4) is 0 Å². The van der Waals surface area contributed by atoms with Crippen molar-refractivity contribution in [3.05, 3.63) is 57.6 Å². The zero-order valence-electron chi connectivity index (χ0n) is 30.4. The molecule has 19 heteroatoms. The van der Waals surface area contributed by atoms with Gasteiger partial charge in [-0.1, -0.05) is 31.2 Å². The molecule has 0 radical (unpaired) electrons. The number of rotatable bonds is 24. The number of aryl methyl sites for hydroxylation is 2. The minimum Gasteiger partial charge on any atom is -0.481 e. The summed E-state index contributed by atoms with van der Waals surface area (Å²) in [6.45, 7) is 0.186. The highest BCUT2D eigenvalue weighted by molar-refractivity contribution is 5.96. The van der Waals surface area contributed by atoms with Gasteiger partial charge in [-0.25, -0.2) is 9.97 Å². The van der Waals surface area contributed by atoms with E-state index in [4.69, 9.17) is 10.8 Å². The van der Waals surface area contributed by atoms with E-state index in [-0.39, 0.29) is 61.4 Å². The fraction of sp³-hybridized carbons (Fsp3) is 0.528. The minimum absolute atomic E-state index is 0.0442. The summed E-state index contributed by atoms with van der Waals surface area (Å²) in [7, 11) is 0. The van der Waals surface area contributed by atoms with Crippen LogP contribution in [0.15, 0.2) is 35.3 Å². The molecule has 11 N–H and O–H groups in total. The zero-order valence-corrected chi connectivity index (χ0v) is 30.4. The summed E-state index contributed by atoms with van der Waals surface area (Å²) in [5.41, 5.74) is 7.31. The van der Waals surface area contributed by atoms with Crippen LogP contribution in [0, 0.1) is 5.92 Å². The number of nitrogens with one attached hydrogen (secondary N) is 3. The number of carbonyl (C=O) groups excluding carboxylic acids is 4. The highest BCUT2D eigenvalue weighted by Crippen LogP contribution is 2.15. The lowest BCUT2D eigenvalue weighted by atomic mass is 9.94. The SMILES string of the molecule is CC[C@H](CC(=O)[C@H](CCC(=O)NC[C@H](O)[C@@H](O)[C@H](O)[C@H](O)CO)NC(=O)CCCCC(=O)c1ccc(CCc2cnc3nc(N)[nH]c(=O)c3n2)cc1)C(=O)O. The van der Waals surface area contributed by atoms with Crippen LogP contribution in [0.2, 0.25) is 0 Å². The van der Waals surface area contributed by atoms with E-state index in [0.717, 1.165) is 5.56 Å². The Balaban J connectivity index is 1.47. The lowest BCUT2D eigenvalue weighted by Gasteiger charge is -2.25. The molecule has 2 heterocycles. The molecule has 0 saturated carbocycles. The third kappa shape index (κ3) is 13.9. The number of nitrogens with two attached hydrogens (primary N) is 1. The van der Waals surface area contributed by atoms with Crippen LogP contribution in [-0.2, 0) is 32.0 Å². The summed E-state index contributed by atoms with van der Waals surface area (Å²) < 4.78 is 0. The Labute approximate surface area is 315 Å². The molecule has 3 rings (SSSR count). The Kier molecular flexibility index (Phi) is 17.4. The predicted octanol–water partition coefficient (Wildman–Crippen LogP) is -1.29. The summed E-state index contributed by atoms with van der Waals surface area (Å²) in [6, 6.07) is 5.84. The Morgan fingerprint density at radius 1 is 0.891 bits per heavy atom. The number of Topliss-reactive ketones (excluding diaryl/α,β-unsaturated/α-hetero) is 2. The van der Waals surface area contributed by atoms with Gasteiger partial charge in [-0.15, -0.1) is 0 Å². The monoisotopic (exact) mass is 771 g/mol. The number of nitrogens with zero attached hydrogens (tertiary/aromatic N) is 3. The smallest absolute Gasteiger partial charge is 0.306 e. The normalized spacial score (nSPS) is 14.7. The number of carbonyl (C=O) groups is 5. The molecular weight excluding hydrogens is 722 g/mol. The number of carboxylic acid groups (broad SMARTS) is 1. The number of amides is 2. The van der Waals surface area contributed by atoms with Gasteiger partial charge in [0.1, 0.15) is 18.3 Å². The van der Waals surface area contributed by atoms with Crippen LogP contribution in [0.4, 0.5) is 5.95 Å². The first-order chi connectivity index (χ1) is 26.1. The molecule has 0 aliphatic carbocycles. The number of H-pyrrole nitrogens is 1. The fourth-order valence-corrected chi connectivity index (χ4v) is 5.57. The van der Waals surface area contributed by atoms with Crippen LogP contribution in [0.1, 0.15) is 79.9 Å². The molecule has 0 fully saturated rings. The fourth-order valence-electron chi connectivity index (χ4n) is 5.57. The third-order valence-corrected chi connectivity index (χ3v) is 9.00. The van der Waals surface area contributed by atoms with Gasteiger partial charge in [-0.3, -0.25) is 33.8 Å². The number of carboxylic acids is 1. The summed E-state index contributed by atoms with van der Waals surface area (Å²) in [5, 5.41) is 62.3. The van der Waals surface area contributed by atoms with E-state index in [1.807, 2.05) is 12.1 Å². The number of aliphatic hydroxyl groups is 5. The number of unbranched alkanes of at least 4 members (excludes halogenated alkanes) is 1. The molecule has 1 aromatic carbocycles. The highest BCUT2D eigenvalue weighted by atomic mass is 16.4. The Morgan fingerprint density at radius 3 is 2.22 bits per heavy atom. The van der Waals surface area contributed by atoms with Crippen molar-refractivity contribution in [2.45, 2.75) is 102 Å². The summed E-state index contributed by atoms with van der Waals surface area (Å²) in [4.78, 5) is 89.6. The average Bonchev–Trinajstić information content (AvgIpc) is 3.17. The van der Waals surface area contributed by atoms with Gasteiger partial charge in [0.05, 0.1) is 36.6 Å². The predicted molar refractivity (Wildman–Crippen MR) is 195 cm³/mol. The topological polar surface area (TPSA) is 328 Å². The van der Waals surface area contributed by atoms with E-state index in [0.29, 0.717) is 36.9 Å². The van der Waals surface area contributed by atoms with Crippen molar-refractivity contribution in [1.82, 2.24) is 30.6 Å². The molecule has 0 spiro atoms. The largest absolute Gasteiger partial charge is 0.481 e. The number of fused-ring (bicyclic) bond motifs is 1. The highest BCUT2D eigenvalue weighted by Gasteiger charge is 2.31. The number of nitrogen functional groups attached to an aromatic ring is 1. The van der Waals surface area contributed by atoms with Gasteiger partial charge in [-0.05, 0) is 44.1 Å². The van der Waals surface area contributed by atoms with Gasteiger partial charge in [0.15, 0.2) is 22.7 Å². The molecule has 2 aromatic heterocycles. The van der Waals surface area contributed by atoms with Crippen LogP contribution in [0.5, 0.6) is 0 Å². The second kappa shape index (κ2) is 21.6. The van der Waals surface area contributed by atoms with E-state index in [1.54, 1.807) is 19.1 Å². The zero-order chi connectivity index (χ0) is 40.7. The average molecular weight is 772 g/mol. The molecule has 3 aromatic rings. The molecule has 0 bridgehead atoms. The standard InChI is InChI=1S/C36H49N7O12/c1-2-20(35(54)55)15-25(46)23(13-14-28(49)38-17-26(47)31(51)32(52)27(48)18-44)41-29(50)6-4-3-5-24(45)21-10-7-19(8-11-21)9-12-22-16-39-33-30(40-22)34(53)43-36(37)42-33/h7-8,10-11,16,20,23,26-27,31-32,44,47-48,51-52H,2-6,9,12-15,17-18H2,1H3,(H,38,49)(H,41,50)(H,54,55)(H3,37,39,42,43,53)/t20-,23+,26+,27-,31-,32-/m1/s1. The number of hydrogen-bond acceptors (Lipinski definition) is 15. The van der Waals surface area contributed by atoms with Crippen LogP contribution < -0.4 is 21.9 Å². The van der Waals surface area contributed by atoms with Crippen LogP contribution >= 0.6 is 0 Å². The van der Waals surface area contributed by atoms with Gasteiger partial charge < -0.3 is 47.0 Å². The van der Waals surface area contributed by atoms with E-state index in [9.17, 15) is 54.3 Å². The molecule has 0 aliphatic rings. The molecule has 0 saturated heterocycles. The number of anilines is 1. The van der Waals surface area contributed by atoms with Crippen molar-refractivity contribution in [3.63, 3.8) is 0 Å². The molecule has 2 amide bonds. The Bertz CT molecular complexity index is 1840. The lowest BCUT2D eigenvalue weighted by Crippen LogP contribution is -2.49. The minimum atomic E-state index is -1.89. The van der Waals surface area contributed by atoms with Crippen molar-refractivity contribution in [2.75, 3.05) is 18.9 Å². The van der Waals surface area contributed by atoms with Crippen LogP contribution in [0.25, 0.3) is 11.2 Å². The van der Waals surface area contributed by atoms with Crippen molar-refractivity contribution in [1.29, 1.82) is 0 Å². The van der Waals surface area contributed by atoms with Gasteiger partial charge in [0.25, 0.3) is 5.56 Å². The molecular formula is C36H49N7O12. The first-order valence-corrected chi connectivity index (χ1v) is 17.9. The van der Waals surface area contributed by atoms with E-state index < -0.39 is 78.7 Å². The maximum Gasteiger partial charge on any atom is 0.306 e. The number of ketones is 2. The van der Waals surface area contributed by atoms with Crippen molar-refractivity contribution >= 4 is 46.5 Å². The maximum absolute atomic E-state index is 13.0. The molecule has 0 aliphatic heterocycles. The molecule has 19 nitrogen and oxygen atoms in total. The Hall–Kier alpha value is -5.21. The summed E-state index contributed by atoms with van der Waals surface area (Å²) in [6.07, 6.45) is -4.59. The molecule has 300 valence electrons. The number of aromatic nitrogens is 4. The van der Waals surface area contributed by atoms with Crippen LogP contribution in [0.3, 0.4) is 0 Å². The van der Waals surface area contributed by atoms with Crippen molar-refractivity contribution in [2.24, 2.45) is 5.92 Å². The quantitative estimate of drug-likeness (QED) is 0.0374. The second-order valence-corrected chi connectivity index (χ2v) is 13.2. The third-order valence-electron chi connectivity index (χ3n) is 9.00. The number of aliphatic carboxylic acids is 1. The number of aliphatic hydroxyl groups excluding tert-OH is 5. The van der Waals surface area contributed by atoms with E-state index in [1.165, 1.54) is 6.20 Å². The first-order valence-electron chi connectivity index (χ1n) is 17.9. The van der Waals surface area contributed by atoms with Crippen LogP contribution in [-0.4, -0.2) is 124 Å². The van der Waals surface area contributed by atoms with Crippen molar-refractivity contribution < 1.29 is 54.6 Å². The van der Waals surface area contributed by atoms with E-state index >= 15 is 0 Å². The van der Waals surface area contributed by atoms with Gasteiger partial charge in [0, 0.05) is 37.8 Å². The summed E-state index contributed by atoms with van der Waals surface area (Å²) in [5.74, 6) is -4.17. The lowest BCUT2D eigenvalue weighted by molar-refractivity contribution is -0.144. The van der Waals surface area contributed by atoms with Gasteiger partial charge in [-0.2, -0.15) is 4.98 Å². The van der Waals surface area contributed by atoms with E-state index in [2.05, 4.69) is 30.6 Å². The number of aromatic amines is 1. The number of hydrogen-bond donors (Lipinski definition) is 10. The second-order valence-electron chi connectivity index (χ2n) is 13.2. The molecule has 0 unspecified atom stereocenters. The molecule has 55 heavy (non-hydrogen) atoms. The Morgan fingerprint density at radius 2 is 1.56 bits per heavy atom. The number of benzene rings is 1. The maximum atomic E-state index is 13.0. The van der Waals surface area contributed by atoms with Gasteiger partial charge in [0.2, 0.25) is 17.8 Å².